The molecule has 13 nitrogen and oxygen atoms in total. The number of hydrogen-bond acceptors (Lipinski definition) is 8. The molecular formula is C24H36N4O9. The molecule has 0 saturated heterocycles. The summed E-state index contributed by atoms with van der Waals surface area (Å²) in [6.45, 7) is 4.77. The maximum Gasteiger partial charge on any atom is 0.328 e. The van der Waals surface area contributed by atoms with Crippen LogP contribution >= 0.6 is 0 Å². The molecule has 1 aromatic rings. The summed E-state index contributed by atoms with van der Waals surface area (Å²) in [6, 6.07) is 0.621. The van der Waals surface area contributed by atoms with Gasteiger partial charge in [-0.05, 0) is 43.4 Å². The van der Waals surface area contributed by atoms with Gasteiger partial charge in [0.2, 0.25) is 17.7 Å². The smallest absolute Gasteiger partial charge is 0.328 e. The third-order valence-corrected chi connectivity index (χ3v) is 5.40. The fourth-order valence-electron chi connectivity index (χ4n) is 3.38. The van der Waals surface area contributed by atoms with E-state index in [2.05, 4.69) is 16.0 Å². The van der Waals surface area contributed by atoms with Gasteiger partial charge in [0, 0.05) is 12.8 Å². The highest BCUT2D eigenvalue weighted by Gasteiger charge is 2.32. The van der Waals surface area contributed by atoms with Crippen molar-refractivity contribution >= 4 is 29.7 Å². The van der Waals surface area contributed by atoms with E-state index in [-0.39, 0.29) is 37.4 Å². The Morgan fingerprint density at radius 2 is 1.41 bits per heavy atom. The molecule has 0 fully saturated rings. The number of nitrogens with two attached hydrogens (primary N) is 1. The summed E-state index contributed by atoms with van der Waals surface area (Å²) >= 11 is 0. The predicted octanol–water partition coefficient (Wildman–Crippen LogP) is -0.907. The van der Waals surface area contributed by atoms with E-state index in [0.717, 1.165) is 0 Å². The first kappa shape index (κ1) is 31.3. The number of carboxylic acids is 2. The van der Waals surface area contributed by atoms with E-state index in [1.165, 1.54) is 31.2 Å². The number of carboxylic acid groups (broad SMARTS) is 2. The highest BCUT2D eigenvalue weighted by Crippen LogP contribution is 2.13. The van der Waals surface area contributed by atoms with Gasteiger partial charge in [-0.25, -0.2) is 4.79 Å². The quantitative estimate of drug-likeness (QED) is 0.141. The van der Waals surface area contributed by atoms with Crippen molar-refractivity contribution in [2.75, 3.05) is 0 Å². The average molecular weight is 525 g/mol. The van der Waals surface area contributed by atoms with Crippen LogP contribution < -0.4 is 21.7 Å². The normalized spacial score (nSPS) is 15.1. The van der Waals surface area contributed by atoms with Crippen LogP contribution in [-0.4, -0.2) is 80.4 Å². The molecular weight excluding hydrogens is 488 g/mol. The number of carbonyl (C=O) groups is 5. The molecule has 0 aliphatic carbocycles. The van der Waals surface area contributed by atoms with Crippen molar-refractivity contribution in [3.63, 3.8) is 0 Å². The van der Waals surface area contributed by atoms with Gasteiger partial charge in [-0.15, -0.1) is 0 Å². The number of phenols is 1. The molecule has 37 heavy (non-hydrogen) atoms. The van der Waals surface area contributed by atoms with Crippen LogP contribution in [0.1, 0.15) is 45.6 Å². The van der Waals surface area contributed by atoms with Crippen molar-refractivity contribution in [1.29, 1.82) is 0 Å². The summed E-state index contributed by atoms with van der Waals surface area (Å²) in [5.41, 5.74) is 6.33. The lowest BCUT2D eigenvalue weighted by Crippen LogP contribution is -2.58. The van der Waals surface area contributed by atoms with Crippen LogP contribution in [0.25, 0.3) is 0 Å². The number of aromatic hydroxyl groups is 1. The predicted molar refractivity (Wildman–Crippen MR) is 131 cm³/mol. The van der Waals surface area contributed by atoms with Crippen molar-refractivity contribution in [2.45, 2.75) is 76.7 Å². The monoisotopic (exact) mass is 524 g/mol. The highest BCUT2D eigenvalue weighted by molar-refractivity contribution is 5.94. The summed E-state index contributed by atoms with van der Waals surface area (Å²) in [5, 5.41) is 44.5. The maximum absolute atomic E-state index is 13.2. The van der Waals surface area contributed by atoms with Crippen molar-refractivity contribution in [3.8, 4) is 5.75 Å². The molecule has 5 atom stereocenters. The van der Waals surface area contributed by atoms with Crippen LogP contribution in [0.3, 0.4) is 0 Å². The summed E-state index contributed by atoms with van der Waals surface area (Å²) in [7, 11) is 0. The minimum absolute atomic E-state index is 0.00996. The summed E-state index contributed by atoms with van der Waals surface area (Å²) in [6.07, 6.45) is -1.84. The number of phenolic OH excluding ortho intramolecular Hbond substituents is 1. The van der Waals surface area contributed by atoms with Crippen LogP contribution in [0.2, 0.25) is 0 Å². The van der Waals surface area contributed by atoms with Crippen LogP contribution in [0, 0.1) is 5.92 Å². The summed E-state index contributed by atoms with van der Waals surface area (Å²) < 4.78 is 0. The van der Waals surface area contributed by atoms with Crippen LogP contribution in [-0.2, 0) is 30.4 Å². The van der Waals surface area contributed by atoms with Crippen molar-refractivity contribution in [3.05, 3.63) is 29.8 Å². The number of carbonyl (C=O) groups excluding carboxylic acids is 3. The molecule has 0 saturated carbocycles. The number of amides is 3. The molecule has 0 aliphatic rings. The first-order valence-electron chi connectivity index (χ1n) is 11.8. The third-order valence-electron chi connectivity index (χ3n) is 5.40. The minimum Gasteiger partial charge on any atom is -0.508 e. The molecule has 1 rings (SSSR count). The second-order valence-electron chi connectivity index (χ2n) is 9.23. The molecule has 9 N–H and O–H groups in total. The number of nitrogens with one attached hydrogen (secondary N) is 3. The topological polar surface area (TPSA) is 228 Å². The van der Waals surface area contributed by atoms with Crippen LogP contribution in [0.15, 0.2) is 24.3 Å². The van der Waals surface area contributed by atoms with E-state index in [1.807, 2.05) is 0 Å². The Bertz CT molecular complexity index is 950. The fourth-order valence-corrected chi connectivity index (χ4v) is 3.38. The van der Waals surface area contributed by atoms with Gasteiger partial charge >= 0.3 is 11.9 Å². The van der Waals surface area contributed by atoms with E-state index >= 15 is 0 Å². The number of benzene rings is 1. The average Bonchev–Trinajstić information content (AvgIpc) is 2.80. The largest absolute Gasteiger partial charge is 0.508 e. The lowest BCUT2D eigenvalue weighted by molar-refractivity contribution is -0.145. The van der Waals surface area contributed by atoms with Gasteiger partial charge in [0.25, 0.3) is 0 Å². The first-order chi connectivity index (χ1) is 17.2. The van der Waals surface area contributed by atoms with Crippen molar-refractivity contribution < 1.29 is 44.4 Å². The minimum atomic E-state index is -1.60. The molecule has 0 bridgehead atoms. The molecule has 0 aliphatic heterocycles. The molecule has 0 radical (unpaired) electrons. The molecule has 206 valence electrons. The molecule has 5 unspecified atom stereocenters. The van der Waals surface area contributed by atoms with Gasteiger partial charge in [-0.3, -0.25) is 19.2 Å². The van der Waals surface area contributed by atoms with E-state index < -0.39 is 59.9 Å². The Balaban J connectivity index is 3.13. The second kappa shape index (κ2) is 14.8. The van der Waals surface area contributed by atoms with E-state index in [9.17, 15) is 39.3 Å². The number of aliphatic carboxylic acids is 2. The number of rotatable bonds is 15. The van der Waals surface area contributed by atoms with E-state index in [1.54, 1.807) is 13.8 Å². The number of aliphatic hydroxyl groups excluding tert-OH is 1. The lowest BCUT2D eigenvalue weighted by Gasteiger charge is -2.26. The van der Waals surface area contributed by atoms with E-state index in [4.69, 9.17) is 10.8 Å². The Hall–Kier alpha value is -3.71. The molecule has 13 heteroatoms. The van der Waals surface area contributed by atoms with Crippen LogP contribution in [0.4, 0.5) is 0 Å². The molecule has 0 heterocycles. The number of hydrogen-bond donors (Lipinski definition) is 8. The van der Waals surface area contributed by atoms with Gasteiger partial charge in [-0.1, -0.05) is 26.0 Å². The first-order valence-corrected chi connectivity index (χ1v) is 11.8. The van der Waals surface area contributed by atoms with Crippen LogP contribution in [0.5, 0.6) is 5.75 Å². The summed E-state index contributed by atoms with van der Waals surface area (Å²) in [5.74, 6) is -5.07. The van der Waals surface area contributed by atoms with E-state index in [0.29, 0.717) is 5.56 Å². The highest BCUT2D eigenvalue weighted by atomic mass is 16.4. The Morgan fingerprint density at radius 3 is 1.89 bits per heavy atom. The van der Waals surface area contributed by atoms with Crippen molar-refractivity contribution in [2.24, 2.45) is 11.7 Å². The third kappa shape index (κ3) is 11.3. The standard InChI is InChI=1S/C24H36N4O9/c1-12(2)10-17(23(35)28-20(13(3)29)24(36)37)27-22(34)18(11-14-4-6-15(30)7-5-14)26-21(33)16(25)8-9-19(31)32/h4-7,12-13,16-18,20,29-30H,8-11,25H2,1-3H3,(H,26,33)(H,27,34)(H,28,35)(H,31,32)(H,36,37). The Morgan fingerprint density at radius 1 is 0.865 bits per heavy atom. The molecule has 0 spiro atoms. The van der Waals surface area contributed by atoms with Crippen molar-refractivity contribution in [1.82, 2.24) is 16.0 Å². The van der Waals surface area contributed by atoms with Gasteiger partial charge in [0.05, 0.1) is 12.1 Å². The molecule has 1 aromatic carbocycles. The zero-order valence-corrected chi connectivity index (χ0v) is 21.0. The Labute approximate surface area is 214 Å². The van der Waals surface area contributed by atoms with Gasteiger partial charge < -0.3 is 42.1 Å². The zero-order chi connectivity index (χ0) is 28.3. The Kier molecular flexibility index (Phi) is 12.5. The second-order valence-corrected chi connectivity index (χ2v) is 9.23. The molecule has 0 aromatic heterocycles. The summed E-state index contributed by atoms with van der Waals surface area (Å²) in [4.78, 5) is 60.8. The zero-order valence-electron chi connectivity index (χ0n) is 21.0. The van der Waals surface area contributed by atoms with Gasteiger partial charge in [-0.2, -0.15) is 0 Å². The maximum atomic E-state index is 13.2. The van der Waals surface area contributed by atoms with Gasteiger partial charge in [0.15, 0.2) is 6.04 Å². The lowest BCUT2D eigenvalue weighted by atomic mass is 10.00. The fraction of sp³-hybridized carbons (Fsp3) is 0.542. The SMILES string of the molecule is CC(C)CC(NC(=O)C(Cc1ccc(O)cc1)NC(=O)C(N)CCC(=O)O)C(=O)NC(C(=O)O)C(C)O. The van der Waals surface area contributed by atoms with Gasteiger partial charge in [0.1, 0.15) is 17.8 Å². The molecule has 3 amide bonds. The number of aliphatic hydroxyl groups is 1.